The van der Waals surface area contributed by atoms with E-state index in [1.54, 1.807) is 0 Å². The molecule has 1 saturated heterocycles. The van der Waals surface area contributed by atoms with E-state index in [9.17, 15) is 9.59 Å². The van der Waals surface area contributed by atoms with Crippen LogP contribution in [0.5, 0.6) is 0 Å². The molecule has 3 rings (SSSR count). The second-order valence-corrected chi connectivity index (χ2v) is 6.90. The molecule has 1 fully saturated rings. The fraction of sp³-hybridized carbons (Fsp3) is 0.364. The molecule has 5 nitrogen and oxygen atoms in total. The number of carbonyl (C=O) groups excluding carboxylic acids is 2. The maximum absolute atomic E-state index is 12.9. The fourth-order valence-electron chi connectivity index (χ4n) is 3.70. The van der Waals surface area contributed by atoms with Gasteiger partial charge in [-0.2, -0.15) is 0 Å². The molecule has 2 unspecified atom stereocenters. The van der Waals surface area contributed by atoms with Gasteiger partial charge in [-0.25, -0.2) is 0 Å². The molecule has 2 atom stereocenters. The highest BCUT2D eigenvalue weighted by Crippen LogP contribution is 2.37. The van der Waals surface area contributed by atoms with Crippen molar-refractivity contribution < 1.29 is 9.59 Å². The van der Waals surface area contributed by atoms with Gasteiger partial charge in [-0.1, -0.05) is 60.7 Å². The van der Waals surface area contributed by atoms with Gasteiger partial charge in [0.05, 0.1) is 12.0 Å². The van der Waals surface area contributed by atoms with Crippen LogP contribution < -0.4 is 10.6 Å². The summed E-state index contributed by atoms with van der Waals surface area (Å²) in [6.07, 6.45) is 0.982. The molecule has 2 amide bonds. The van der Waals surface area contributed by atoms with Gasteiger partial charge in [0, 0.05) is 26.1 Å². The van der Waals surface area contributed by atoms with Crippen molar-refractivity contribution >= 4 is 11.8 Å². The van der Waals surface area contributed by atoms with Crippen molar-refractivity contribution in [3.05, 3.63) is 71.8 Å². The molecule has 27 heavy (non-hydrogen) atoms. The lowest BCUT2D eigenvalue weighted by molar-refractivity contribution is -0.144. The molecule has 5 heteroatoms. The molecular weight excluding hydrogens is 338 g/mol. The minimum Gasteiger partial charge on any atom is -0.355 e. The lowest BCUT2D eigenvalue weighted by Crippen LogP contribution is -2.48. The van der Waals surface area contributed by atoms with Crippen molar-refractivity contribution in [3.63, 3.8) is 0 Å². The maximum atomic E-state index is 12.9. The van der Waals surface area contributed by atoms with Crippen LogP contribution in [0.2, 0.25) is 0 Å². The molecule has 2 aromatic rings. The van der Waals surface area contributed by atoms with E-state index in [-0.39, 0.29) is 23.8 Å². The van der Waals surface area contributed by atoms with Gasteiger partial charge in [0.2, 0.25) is 11.8 Å². The maximum Gasteiger partial charge on any atom is 0.225 e. The smallest absolute Gasteiger partial charge is 0.225 e. The molecule has 0 saturated carbocycles. The van der Waals surface area contributed by atoms with E-state index in [1.165, 1.54) is 0 Å². The third-order valence-electron chi connectivity index (χ3n) is 5.05. The lowest BCUT2D eigenvalue weighted by Gasteiger charge is -2.41. The number of hydrogen-bond acceptors (Lipinski definition) is 3. The predicted octanol–water partition coefficient (Wildman–Crippen LogP) is 2.50. The molecule has 2 N–H and O–H groups in total. The first kappa shape index (κ1) is 19.1. The Bertz CT molecular complexity index is 749. The van der Waals surface area contributed by atoms with E-state index in [2.05, 4.69) is 10.6 Å². The molecule has 1 heterocycles. The molecule has 0 aromatic heterocycles. The molecule has 0 radical (unpaired) electrons. The Morgan fingerprint density at radius 3 is 2.37 bits per heavy atom. The van der Waals surface area contributed by atoms with Gasteiger partial charge in [-0.3, -0.25) is 9.59 Å². The third kappa shape index (κ3) is 4.74. The Balaban J connectivity index is 1.88. The summed E-state index contributed by atoms with van der Waals surface area (Å²) in [5.74, 6) is -0.123. The minimum atomic E-state index is -0.248. The quantitative estimate of drug-likeness (QED) is 0.741. The summed E-state index contributed by atoms with van der Waals surface area (Å²) < 4.78 is 0. The van der Waals surface area contributed by atoms with Gasteiger partial charge in [-0.05, 0) is 24.6 Å². The van der Waals surface area contributed by atoms with Crippen molar-refractivity contribution in [1.29, 1.82) is 0 Å². The number of likely N-dealkylation sites (N-methyl/N-ethyl adjacent to an activating group) is 1. The largest absolute Gasteiger partial charge is 0.355 e. The Morgan fingerprint density at radius 1 is 1.04 bits per heavy atom. The second kappa shape index (κ2) is 9.33. The first-order chi connectivity index (χ1) is 13.2. The van der Waals surface area contributed by atoms with Crippen molar-refractivity contribution in [2.24, 2.45) is 5.92 Å². The standard InChI is InChI=1S/C22H27N3O2/c1-23-14-15-24-22(27)19-12-13-20(26)25(16-17-8-4-2-5-9-17)21(19)18-10-6-3-7-11-18/h2-11,19,21,23H,12-16H2,1H3,(H,24,27). The first-order valence-corrected chi connectivity index (χ1v) is 9.51. The topological polar surface area (TPSA) is 61.4 Å². The highest BCUT2D eigenvalue weighted by atomic mass is 16.2. The van der Waals surface area contributed by atoms with Crippen LogP contribution in [0.1, 0.15) is 30.0 Å². The molecule has 0 bridgehead atoms. The Hall–Kier alpha value is -2.66. The number of amides is 2. The number of piperidine rings is 1. The van der Waals surface area contributed by atoms with Crippen molar-refractivity contribution in [2.75, 3.05) is 20.1 Å². The predicted molar refractivity (Wildman–Crippen MR) is 106 cm³/mol. The van der Waals surface area contributed by atoms with Crippen LogP contribution in [0.25, 0.3) is 0 Å². The van der Waals surface area contributed by atoms with Gasteiger partial charge >= 0.3 is 0 Å². The molecule has 1 aliphatic rings. The molecule has 142 valence electrons. The van der Waals surface area contributed by atoms with Gasteiger partial charge < -0.3 is 15.5 Å². The van der Waals surface area contributed by atoms with Crippen molar-refractivity contribution in [1.82, 2.24) is 15.5 Å². The number of likely N-dealkylation sites (tertiary alicyclic amines) is 1. The average molecular weight is 365 g/mol. The summed E-state index contributed by atoms with van der Waals surface area (Å²) >= 11 is 0. The van der Waals surface area contributed by atoms with Crippen molar-refractivity contribution in [2.45, 2.75) is 25.4 Å². The van der Waals surface area contributed by atoms with Gasteiger partial charge in [-0.15, -0.1) is 0 Å². The van der Waals surface area contributed by atoms with Gasteiger partial charge in [0.1, 0.15) is 0 Å². The van der Waals surface area contributed by atoms with Crippen LogP contribution in [0.3, 0.4) is 0 Å². The van der Waals surface area contributed by atoms with Gasteiger partial charge in [0.25, 0.3) is 0 Å². The summed E-state index contributed by atoms with van der Waals surface area (Å²) in [6, 6.07) is 19.6. The molecule has 2 aromatic carbocycles. The second-order valence-electron chi connectivity index (χ2n) is 6.90. The van der Waals surface area contributed by atoms with Gasteiger partial charge in [0.15, 0.2) is 0 Å². The lowest BCUT2D eigenvalue weighted by atomic mass is 9.83. The molecular formula is C22H27N3O2. The van der Waals surface area contributed by atoms with Crippen molar-refractivity contribution in [3.8, 4) is 0 Å². The first-order valence-electron chi connectivity index (χ1n) is 9.51. The Kier molecular flexibility index (Phi) is 6.60. The van der Waals surface area contributed by atoms with Crippen LogP contribution >= 0.6 is 0 Å². The van der Waals surface area contributed by atoms with E-state index in [0.717, 1.165) is 17.7 Å². The van der Waals surface area contributed by atoms with E-state index >= 15 is 0 Å². The normalized spacial score (nSPS) is 19.7. The highest BCUT2D eigenvalue weighted by Gasteiger charge is 2.40. The number of nitrogens with zero attached hydrogens (tertiary/aromatic N) is 1. The van der Waals surface area contributed by atoms with E-state index in [0.29, 0.717) is 25.9 Å². The molecule has 0 aliphatic carbocycles. The summed E-state index contributed by atoms with van der Waals surface area (Å²) in [6.45, 7) is 1.82. The van der Waals surface area contributed by atoms with Crippen LogP contribution in [0, 0.1) is 5.92 Å². The summed E-state index contributed by atoms with van der Waals surface area (Å²) in [5.41, 5.74) is 2.08. The Morgan fingerprint density at radius 2 is 1.70 bits per heavy atom. The van der Waals surface area contributed by atoms with Crippen LogP contribution in [-0.4, -0.2) is 36.9 Å². The SMILES string of the molecule is CNCCNC(=O)C1CCC(=O)N(Cc2ccccc2)C1c1ccccc1. The fourth-order valence-corrected chi connectivity index (χ4v) is 3.70. The number of nitrogens with one attached hydrogen (secondary N) is 2. The molecule has 1 aliphatic heterocycles. The number of benzene rings is 2. The van der Waals surface area contributed by atoms with E-state index in [4.69, 9.17) is 0 Å². The Labute approximate surface area is 160 Å². The number of carbonyl (C=O) groups is 2. The summed E-state index contributed by atoms with van der Waals surface area (Å²) in [7, 11) is 1.86. The zero-order valence-electron chi connectivity index (χ0n) is 15.7. The third-order valence-corrected chi connectivity index (χ3v) is 5.05. The van der Waals surface area contributed by atoms with Crippen LogP contribution in [0.4, 0.5) is 0 Å². The zero-order valence-corrected chi connectivity index (χ0v) is 15.7. The van der Waals surface area contributed by atoms with Crippen LogP contribution in [0.15, 0.2) is 60.7 Å². The van der Waals surface area contributed by atoms with E-state index in [1.807, 2.05) is 72.6 Å². The average Bonchev–Trinajstić information content (AvgIpc) is 2.71. The number of rotatable bonds is 7. The highest BCUT2D eigenvalue weighted by molar-refractivity contribution is 5.85. The van der Waals surface area contributed by atoms with E-state index < -0.39 is 0 Å². The minimum absolute atomic E-state index is 0.0182. The summed E-state index contributed by atoms with van der Waals surface area (Å²) in [4.78, 5) is 27.6. The number of hydrogen-bond donors (Lipinski definition) is 2. The van der Waals surface area contributed by atoms with Crippen LogP contribution in [-0.2, 0) is 16.1 Å². The zero-order chi connectivity index (χ0) is 19.1. The monoisotopic (exact) mass is 365 g/mol. The summed E-state index contributed by atoms with van der Waals surface area (Å²) in [5, 5.41) is 6.05. The molecule has 0 spiro atoms.